The van der Waals surface area contributed by atoms with Crippen molar-refractivity contribution in [3.63, 3.8) is 0 Å². The van der Waals surface area contributed by atoms with Crippen LogP contribution in [0.25, 0.3) is 0 Å². The average Bonchev–Trinajstić information content (AvgIpc) is 2.78. The third kappa shape index (κ3) is 5.69. The van der Waals surface area contributed by atoms with E-state index in [0.29, 0.717) is 18.8 Å². The van der Waals surface area contributed by atoms with Crippen LogP contribution in [0.3, 0.4) is 0 Å². The molecule has 0 spiro atoms. The van der Waals surface area contributed by atoms with E-state index in [2.05, 4.69) is 36.4 Å². The van der Waals surface area contributed by atoms with Crippen LogP contribution in [0, 0.1) is 11.6 Å². The lowest BCUT2D eigenvalue weighted by atomic mass is 9.89. The first kappa shape index (κ1) is 22.5. The minimum atomic E-state index is -0.890. The van der Waals surface area contributed by atoms with Gasteiger partial charge in [-0.2, -0.15) is 4.39 Å². The fraction of sp³-hybridized carbons (Fsp3) is 0.462. The van der Waals surface area contributed by atoms with Crippen molar-refractivity contribution in [2.75, 3.05) is 13.2 Å². The van der Waals surface area contributed by atoms with Crippen molar-refractivity contribution in [3.8, 4) is 5.75 Å². The van der Waals surface area contributed by atoms with E-state index < -0.39 is 11.6 Å². The predicted molar refractivity (Wildman–Crippen MR) is 117 cm³/mol. The number of hydrogen-bond acceptors (Lipinski definition) is 2. The van der Waals surface area contributed by atoms with Crippen LogP contribution in [0.5, 0.6) is 5.75 Å². The Morgan fingerprint density at radius 1 is 1.07 bits per heavy atom. The van der Waals surface area contributed by atoms with Crippen LogP contribution >= 0.6 is 0 Å². The lowest BCUT2D eigenvalue weighted by Crippen LogP contribution is -2.20. The molecule has 1 heterocycles. The maximum absolute atomic E-state index is 14.6. The zero-order chi connectivity index (χ0) is 21.3. The topological polar surface area (TPSA) is 18.5 Å². The Bertz CT molecular complexity index is 822. The lowest BCUT2D eigenvalue weighted by Gasteiger charge is -2.30. The van der Waals surface area contributed by atoms with Crippen LogP contribution in [0.2, 0.25) is 0 Å². The van der Waals surface area contributed by atoms with Crippen LogP contribution in [0.4, 0.5) is 8.78 Å². The molecule has 1 saturated heterocycles. The Morgan fingerprint density at radius 3 is 2.53 bits per heavy atom. The van der Waals surface area contributed by atoms with Crippen molar-refractivity contribution >= 4 is 0 Å². The van der Waals surface area contributed by atoms with Crippen LogP contribution in [-0.2, 0) is 11.2 Å². The summed E-state index contributed by atoms with van der Waals surface area (Å²) in [7, 11) is 0. The number of unbranched alkanes of at least 4 members (excludes halogenated alkanes) is 1. The van der Waals surface area contributed by atoms with Gasteiger partial charge in [-0.1, -0.05) is 55.8 Å². The first-order valence-corrected chi connectivity index (χ1v) is 11.1. The third-order valence-electron chi connectivity index (χ3n) is 5.73. The molecule has 1 aliphatic rings. The fourth-order valence-electron chi connectivity index (χ4n) is 3.88. The highest BCUT2D eigenvalue weighted by Crippen LogP contribution is 2.38. The maximum atomic E-state index is 14.6. The molecule has 1 aliphatic heterocycles. The highest BCUT2D eigenvalue weighted by atomic mass is 19.2. The molecule has 0 amide bonds. The minimum absolute atomic E-state index is 0.00572. The first-order valence-electron chi connectivity index (χ1n) is 11.1. The molecule has 0 saturated carbocycles. The number of benzene rings is 2. The first-order chi connectivity index (χ1) is 14.6. The molecule has 2 nitrogen and oxygen atoms in total. The van der Waals surface area contributed by atoms with Gasteiger partial charge in [0.2, 0.25) is 5.82 Å². The summed E-state index contributed by atoms with van der Waals surface area (Å²) in [6, 6.07) is 11.7. The molecular formula is C26H32F2O2. The van der Waals surface area contributed by atoms with E-state index >= 15 is 0 Å². The van der Waals surface area contributed by atoms with Gasteiger partial charge in [0.1, 0.15) is 0 Å². The van der Waals surface area contributed by atoms with Gasteiger partial charge in [0.25, 0.3) is 0 Å². The number of rotatable bonds is 9. The molecule has 1 fully saturated rings. The Hall–Kier alpha value is -2.20. The second kappa shape index (κ2) is 11.3. The summed E-state index contributed by atoms with van der Waals surface area (Å²) in [6.45, 7) is 4.85. The average molecular weight is 415 g/mol. The Morgan fingerprint density at radius 2 is 1.87 bits per heavy atom. The summed E-state index contributed by atoms with van der Waals surface area (Å²) in [5, 5.41) is 0. The van der Waals surface area contributed by atoms with E-state index in [1.54, 1.807) is 12.1 Å². The summed E-state index contributed by atoms with van der Waals surface area (Å²) in [4.78, 5) is 0. The Kier molecular flexibility index (Phi) is 8.44. The zero-order valence-electron chi connectivity index (χ0n) is 18.0. The minimum Gasteiger partial charge on any atom is -0.490 e. The van der Waals surface area contributed by atoms with Gasteiger partial charge in [-0.15, -0.1) is 0 Å². The Labute approximate surface area is 178 Å². The lowest BCUT2D eigenvalue weighted by molar-refractivity contribution is 0.00160. The van der Waals surface area contributed by atoms with Crippen molar-refractivity contribution < 1.29 is 18.3 Å². The number of hydrogen-bond donors (Lipinski definition) is 0. The molecule has 4 heteroatoms. The van der Waals surface area contributed by atoms with Crippen molar-refractivity contribution in [2.45, 2.75) is 64.4 Å². The molecule has 30 heavy (non-hydrogen) atoms. The van der Waals surface area contributed by atoms with Gasteiger partial charge in [0, 0.05) is 5.92 Å². The van der Waals surface area contributed by atoms with Crippen molar-refractivity contribution in [1.29, 1.82) is 0 Å². The van der Waals surface area contributed by atoms with Gasteiger partial charge in [-0.25, -0.2) is 4.39 Å². The van der Waals surface area contributed by atoms with Gasteiger partial charge in [-0.3, -0.25) is 0 Å². The fourth-order valence-corrected chi connectivity index (χ4v) is 3.88. The Balaban J connectivity index is 1.58. The molecule has 2 aromatic carbocycles. The molecule has 2 aromatic rings. The SMILES string of the molecule is CC=CCCc1ccc(C2CCC(c3ccc(OCCCC)c(F)c3F)CO2)cc1. The van der Waals surface area contributed by atoms with Gasteiger partial charge in [0.05, 0.1) is 19.3 Å². The van der Waals surface area contributed by atoms with E-state index in [1.807, 2.05) is 13.8 Å². The van der Waals surface area contributed by atoms with Crippen LogP contribution in [0.1, 0.15) is 74.7 Å². The van der Waals surface area contributed by atoms with Crippen LogP contribution in [-0.4, -0.2) is 13.2 Å². The molecular weight excluding hydrogens is 382 g/mol. The maximum Gasteiger partial charge on any atom is 0.200 e. The molecule has 2 atom stereocenters. The standard InChI is InChI=1S/C26H32F2O2/c1-3-5-7-8-19-9-11-20(12-10-19)23-15-13-21(18-30-23)22-14-16-24(26(28)25(22)27)29-17-6-4-2/h3,5,9-12,14,16,21,23H,4,6-8,13,15,17-18H2,1-2H3. The largest absolute Gasteiger partial charge is 0.490 e. The highest BCUT2D eigenvalue weighted by Gasteiger charge is 2.28. The zero-order valence-corrected chi connectivity index (χ0v) is 18.0. The molecule has 3 rings (SSSR count). The van der Waals surface area contributed by atoms with Gasteiger partial charge < -0.3 is 9.47 Å². The number of ether oxygens (including phenoxy) is 2. The van der Waals surface area contributed by atoms with Crippen molar-refractivity contribution in [2.24, 2.45) is 0 Å². The smallest absolute Gasteiger partial charge is 0.200 e. The number of allylic oxidation sites excluding steroid dienone is 2. The monoisotopic (exact) mass is 414 g/mol. The molecule has 2 unspecified atom stereocenters. The number of aryl methyl sites for hydroxylation is 1. The highest BCUT2D eigenvalue weighted by molar-refractivity contribution is 5.34. The van der Waals surface area contributed by atoms with Gasteiger partial charge >= 0.3 is 0 Å². The molecule has 0 aliphatic carbocycles. The van der Waals surface area contributed by atoms with Crippen molar-refractivity contribution in [1.82, 2.24) is 0 Å². The van der Waals surface area contributed by atoms with E-state index in [9.17, 15) is 8.78 Å². The molecule has 0 N–H and O–H groups in total. The second-order valence-electron chi connectivity index (χ2n) is 7.93. The summed E-state index contributed by atoms with van der Waals surface area (Å²) in [5.41, 5.74) is 2.84. The molecule has 0 bridgehead atoms. The van der Waals surface area contributed by atoms with Crippen molar-refractivity contribution in [3.05, 3.63) is 76.9 Å². The predicted octanol–water partition coefficient (Wildman–Crippen LogP) is 7.29. The van der Waals surface area contributed by atoms with E-state index in [1.165, 1.54) is 5.56 Å². The second-order valence-corrected chi connectivity index (χ2v) is 7.93. The summed E-state index contributed by atoms with van der Waals surface area (Å²) < 4.78 is 40.4. The molecule has 0 radical (unpaired) electrons. The summed E-state index contributed by atoms with van der Waals surface area (Å²) in [5.74, 6) is -1.84. The van der Waals surface area contributed by atoms with E-state index in [4.69, 9.17) is 9.47 Å². The third-order valence-corrected chi connectivity index (χ3v) is 5.73. The van der Waals surface area contributed by atoms with Crippen LogP contribution in [0.15, 0.2) is 48.6 Å². The molecule has 0 aromatic heterocycles. The summed E-state index contributed by atoms with van der Waals surface area (Å²) >= 11 is 0. The number of halogens is 2. The van der Waals surface area contributed by atoms with E-state index in [-0.39, 0.29) is 17.8 Å². The van der Waals surface area contributed by atoms with Gasteiger partial charge in [-0.05, 0) is 61.8 Å². The van der Waals surface area contributed by atoms with E-state index in [0.717, 1.165) is 44.1 Å². The normalized spacial score (nSPS) is 19.3. The quantitative estimate of drug-likeness (QED) is 0.317. The van der Waals surface area contributed by atoms with Gasteiger partial charge in [0.15, 0.2) is 11.6 Å². The summed E-state index contributed by atoms with van der Waals surface area (Å²) in [6.07, 6.45) is 9.64. The van der Waals surface area contributed by atoms with Crippen LogP contribution < -0.4 is 4.74 Å². The molecule has 162 valence electrons.